The molecule has 0 fully saturated rings. The van der Waals surface area contributed by atoms with Crippen LogP contribution in [0.25, 0.3) is 17.3 Å². The number of anilines is 1. The van der Waals surface area contributed by atoms with E-state index in [4.69, 9.17) is 21.1 Å². The number of H-pyrrole nitrogens is 1. The standard InChI is InChI=1S/C23H22ClN3O4/c1-14(2)31-23-18(24)11-15(12-20(23)30-3)7-9-21(28)25-17-6-4-5-16(13-17)19-8-10-22(29)27-26-19/h4-14H,1-3H3,(H,25,28)(H,27,29)/b9-7+. The summed E-state index contributed by atoms with van der Waals surface area (Å²) in [6.07, 6.45) is 2.98. The van der Waals surface area contributed by atoms with Crippen LogP contribution in [0.3, 0.4) is 0 Å². The van der Waals surface area contributed by atoms with Crippen molar-refractivity contribution < 1.29 is 14.3 Å². The Morgan fingerprint density at radius 1 is 1.19 bits per heavy atom. The van der Waals surface area contributed by atoms with E-state index in [2.05, 4.69) is 15.5 Å². The second kappa shape index (κ2) is 9.95. The van der Waals surface area contributed by atoms with E-state index in [1.54, 1.807) is 42.5 Å². The largest absolute Gasteiger partial charge is 0.493 e. The summed E-state index contributed by atoms with van der Waals surface area (Å²) in [6.45, 7) is 3.80. The number of rotatable bonds is 7. The van der Waals surface area contributed by atoms with E-state index in [0.29, 0.717) is 33.5 Å². The van der Waals surface area contributed by atoms with Crippen LogP contribution in [0.15, 0.2) is 59.4 Å². The minimum atomic E-state index is -0.316. The van der Waals surface area contributed by atoms with Crippen molar-refractivity contribution in [2.75, 3.05) is 12.4 Å². The first kappa shape index (κ1) is 22.1. The van der Waals surface area contributed by atoms with Gasteiger partial charge in [0.05, 0.1) is 23.9 Å². The SMILES string of the molecule is COc1cc(/C=C/C(=O)Nc2cccc(-c3ccc(=O)[nH]n3)c2)cc(Cl)c1OC(C)C. The summed E-state index contributed by atoms with van der Waals surface area (Å²) >= 11 is 6.32. The van der Waals surface area contributed by atoms with Crippen LogP contribution in [-0.4, -0.2) is 29.3 Å². The van der Waals surface area contributed by atoms with Gasteiger partial charge in [0.2, 0.25) is 5.91 Å². The molecule has 3 rings (SSSR count). The molecule has 0 atom stereocenters. The van der Waals surface area contributed by atoms with Gasteiger partial charge in [-0.1, -0.05) is 23.7 Å². The summed E-state index contributed by atoms with van der Waals surface area (Å²) in [5.41, 5.74) is 2.36. The molecule has 0 unspecified atom stereocenters. The topological polar surface area (TPSA) is 93.3 Å². The fourth-order valence-corrected chi connectivity index (χ4v) is 3.07. The number of aromatic amines is 1. The molecule has 1 amide bonds. The van der Waals surface area contributed by atoms with Gasteiger partial charge < -0.3 is 14.8 Å². The highest BCUT2D eigenvalue weighted by Crippen LogP contribution is 2.37. The van der Waals surface area contributed by atoms with Gasteiger partial charge >= 0.3 is 0 Å². The molecule has 0 aliphatic rings. The number of methoxy groups -OCH3 is 1. The first-order chi connectivity index (χ1) is 14.9. The Morgan fingerprint density at radius 2 is 2.00 bits per heavy atom. The molecular weight excluding hydrogens is 418 g/mol. The number of hydrogen-bond acceptors (Lipinski definition) is 5. The van der Waals surface area contributed by atoms with Gasteiger partial charge in [-0.15, -0.1) is 0 Å². The molecule has 0 bridgehead atoms. The average molecular weight is 440 g/mol. The highest BCUT2D eigenvalue weighted by molar-refractivity contribution is 6.32. The zero-order chi connectivity index (χ0) is 22.4. The molecule has 2 N–H and O–H groups in total. The molecule has 7 nitrogen and oxygen atoms in total. The molecule has 0 aliphatic heterocycles. The van der Waals surface area contributed by atoms with Gasteiger partial charge in [-0.25, -0.2) is 5.10 Å². The van der Waals surface area contributed by atoms with E-state index in [0.717, 1.165) is 5.56 Å². The summed E-state index contributed by atoms with van der Waals surface area (Å²) in [4.78, 5) is 23.6. The van der Waals surface area contributed by atoms with E-state index in [1.807, 2.05) is 19.9 Å². The van der Waals surface area contributed by atoms with Crippen LogP contribution in [-0.2, 0) is 4.79 Å². The lowest BCUT2D eigenvalue weighted by Gasteiger charge is -2.15. The van der Waals surface area contributed by atoms with Crippen molar-refractivity contribution in [3.8, 4) is 22.8 Å². The Hall–Kier alpha value is -3.58. The Morgan fingerprint density at radius 3 is 2.68 bits per heavy atom. The molecule has 160 valence electrons. The van der Waals surface area contributed by atoms with E-state index in [-0.39, 0.29) is 17.6 Å². The van der Waals surface area contributed by atoms with Crippen LogP contribution in [0.4, 0.5) is 5.69 Å². The number of benzene rings is 2. The number of halogens is 1. The molecule has 0 aliphatic carbocycles. The normalized spacial score (nSPS) is 11.0. The summed E-state index contributed by atoms with van der Waals surface area (Å²) < 4.78 is 11.1. The molecule has 8 heteroatoms. The number of aromatic nitrogens is 2. The molecule has 31 heavy (non-hydrogen) atoms. The fraction of sp³-hybridized carbons (Fsp3) is 0.174. The molecule has 1 aromatic heterocycles. The third-order valence-corrected chi connectivity index (χ3v) is 4.42. The maximum atomic E-state index is 12.4. The Labute approximate surface area is 184 Å². The van der Waals surface area contributed by atoms with Gasteiger partial charge in [0.25, 0.3) is 5.56 Å². The van der Waals surface area contributed by atoms with Crippen LogP contribution in [0.2, 0.25) is 5.02 Å². The number of amides is 1. The van der Waals surface area contributed by atoms with Gasteiger partial charge in [-0.05, 0) is 55.8 Å². The molecule has 0 saturated carbocycles. The third-order valence-electron chi connectivity index (χ3n) is 4.14. The molecule has 0 radical (unpaired) electrons. The van der Waals surface area contributed by atoms with Crippen LogP contribution in [0.1, 0.15) is 19.4 Å². The number of carbonyl (C=O) groups excluding carboxylic acids is 1. The van der Waals surface area contributed by atoms with E-state index in [1.165, 1.54) is 19.3 Å². The molecule has 2 aromatic carbocycles. The molecule has 0 saturated heterocycles. The van der Waals surface area contributed by atoms with E-state index < -0.39 is 0 Å². The second-order valence-electron chi connectivity index (χ2n) is 6.91. The summed E-state index contributed by atoms with van der Waals surface area (Å²) in [6, 6.07) is 13.6. The number of ether oxygens (including phenoxy) is 2. The quantitative estimate of drug-likeness (QED) is 0.527. The fourth-order valence-electron chi connectivity index (χ4n) is 2.80. The highest BCUT2D eigenvalue weighted by Gasteiger charge is 2.13. The highest BCUT2D eigenvalue weighted by atomic mass is 35.5. The van der Waals surface area contributed by atoms with Gasteiger partial charge in [0, 0.05) is 23.4 Å². The zero-order valence-corrected chi connectivity index (χ0v) is 18.1. The number of nitrogens with one attached hydrogen (secondary N) is 2. The zero-order valence-electron chi connectivity index (χ0n) is 17.3. The first-order valence-corrected chi connectivity index (χ1v) is 9.93. The lowest BCUT2D eigenvalue weighted by molar-refractivity contribution is -0.111. The Kier molecular flexibility index (Phi) is 7.10. The van der Waals surface area contributed by atoms with Crippen LogP contribution in [0.5, 0.6) is 11.5 Å². The number of hydrogen-bond donors (Lipinski definition) is 2. The van der Waals surface area contributed by atoms with Gasteiger partial charge in [0.1, 0.15) is 0 Å². The number of carbonyl (C=O) groups is 1. The maximum Gasteiger partial charge on any atom is 0.264 e. The molecule has 3 aromatic rings. The van der Waals surface area contributed by atoms with Crippen molar-refractivity contribution >= 4 is 29.3 Å². The minimum Gasteiger partial charge on any atom is -0.493 e. The van der Waals surface area contributed by atoms with Gasteiger partial charge in [-0.2, -0.15) is 5.10 Å². The summed E-state index contributed by atoms with van der Waals surface area (Å²) in [5.74, 6) is 0.639. The summed E-state index contributed by atoms with van der Waals surface area (Å²) in [5, 5.41) is 9.58. The van der Waals surface area contributed by atoms with Crippen molar-refractivity contribution in [1.82, 2.24) is 10.2 Å². The lowest BCUT2D eigenvalue weighted by Crippen LogP contribution is -2.08. The van der Waals surface area contributed by atoms with Crippen molar-refractivity contribution in [1.29, 1.82) is 0 Å². The minimum absolute atomic E-state index is 0.0549. The maximum absolute atomic E-state index is 12.4. The van der Waals surface area contributed by atoms with Crippen LogP contribution < -0.4 is 20.3 Å². The molecular formula is C23H22ClN3O4. The number of nitrogens with zero attached hydrogens (tertiary/aromatic N) is 1. The van der Waals surface area contributed by atoms with Crippen LogP contribution in [0, 0.1) is 0 Å². The first-order valence-electron chi connectivity index (χ1n) is 9.55. The van der Waals surface area contributed by atoms with Gasteiger partial charge in [0.15, 0.2) is 11.5 Å². The van der Waals surface area contributed by atoms with Crippen molar-refractivity contribution in [3.63, 3.8) is 0 Å². The smallest absolute Gasteiger partial charge is 0.264 e. The van der Waals surface area contributed by atoms with Crippen molar-refractivity contribution in [3.05, 3.63) is 75.5 Å². The molecule has 0 spiro atoms. The molecule has 1 heterocycles. The van der Waals surface area contributed by atoms with E-state index >= 15 is 0 Å². The van der Waals surface area contributed by atoms with Gasteiger partial charge in [-0.3, -0.25) is 9.59 Å². The lowest BCUT2D eigenvalue weighted by atomic mass is 10.1. The van der Waals surface area contributed by atoms with Crippen LogP contribution >= 0.6 is 11.6 Å². The second-order valence-corrected chi connectivity index (χ2v) is 7.32. The van der Waals surface area contributed by atoms with E-state index in [9.17, 15) is 9.59 Å². The predicted molar refractivity (Wildman–Crippen MR) is 122 cm³/mol. The monoisotopic (exact) mass is 439 g/mol. The summed E-state index contributed by atoms with van der Waals surface area (Å²) in [7, 11) is 1.53. The Bertz CT molecular complexity index is 1150. The average Bonchev–Trinajstić information content (AvgIpc) is 2.74. The van der Waals surface area contributed by atoms with Crippen molar-refractivity contribution in [2.45, 2.75) is 20.0 Å². The Balaban J connectivity index is 1.74. The predicted octanol–water partition coefficient (Wildman–Crippen LogP) is 4.54. The third kappa shape index (κ3) is 5.96. The van der Waals surface area contributed by atoms with Crippen molar-refractivity contribution in [2.24, 2.45) is 0 Å².